The van der Waals surface area contributed by atoms with Gasteiger partial charge >= 0.3 is 5.97 Å². The average molecular weight is 293 g/mol. The molecule has 1 atom stereocenters. The van der Waals surface area contributed by atoms with E-state index in [1.54, 1.807) is 24.1 Å². The highest BCUT2D eigenvalue weighted by Crippen LogP contribution is 2.73. The summed E-state index contributed by atoms with van der Waals surface area (Å²) in [6.45, 7) is 2.51. The van der Waals surface area contributed by atoms with Crippen molar-refractivity contribution in [3.05, 3.63) is 12.3 Å². The molecule has 4 rings (SSSR count). The van der Waals surface area contributed by atoms with Crippen LogP contribution >= 0.6 is 0 Å². The van der Waals surface area contributed by atoms with Crippen molar-refractivity contribution in [2.75, 3.05) is 19.0 Å². The molecule has 0 spiro atoms. The normalized spacial score (nSPS) is 31.0. The Morgan fingerprint density at radius 1 is 1.48 bits per heavy atom. The van der Waals surface area contributed by atoms with E-state index in [0.29, 0.717) is 31.7 Å². The zero-order valence-electron chi connectivity index (χ0n) is 12.1. The minimum atomic E-state index is -0.783. The molecule has 2 N–H and O–H groups in total. The quantitative estimate of drug-likeness (QED) is 0.824. The Kier molecular flexibility index (Phi) is 3.05. The SMILES string of the molecule is COCC(C)n1ccc(NC(=O)C23CC(C(=O)O)(C2)C3)n1. The molecule has 0 aliphatic heterocycles. The summed E-state index contributed by atoms with van der Waals surface area (Å²) < 4.78 is 6.80. The molecule has 1 heterocycles. The summed E-state index contributed by atoms with van der Waals surface area (Å²) in [6.07, 6.45) is 3.13. The van der Waals surface area contributed by atoms with Gasteiger partial charge in [0.2, 0.25) is 5.91 Å². The van der Waals surface area contributed by atoms with Gasteiger partial charge in [0.1, 0.15) is 0 Å². The largest absolute Gasteiger partial charge is 0.481 e. The second kappa shape index (κ2) is 4.56. The molecule has 7 heteroatoms. The summed E-state index contributed by atoms with van der Waals surface area (Å²) in [4.78, 5) is 23.3. The first kappa shape index (κ1) is 14.1. The third-order valence-corrected chi connectivity index (χ3v) is 4.68. The van der Waals surface area contributed by atoms with Crippen molar-refractivity contribution in [1.29, 1.82) is 0 Å². The summed E-state index contributed by atoms with van der Waals surface area (Å²) in [7, 11) is 1.63. The van der Waals surface area contributed by atoms with Gasteiger partial charge in [-0.3, -0.25) is 14.3 Å². The number of carboxylic acid groups (broad SMARTS) is 1. The summed E-state index contributed by atoms with van der Waals surface area (Å²) in [5.41, 5.74) is -1.12. The topological polar surface area (TPSA) is 93.5 Å². The molecule has 0 radical (unpaired) electrons. The van der Waals surface area contributed by atoms with Crippen LogP contribution in [0.5, 0.6) is 0 Å². The predicted octanol–water partition coefficient (Wildman–Crippen LogP) is 1.28. The van der Waals surface area contributed by atoms with Crippen molar-refractivity contribution < 1.29 is 19.4 Å². The molecule has 21 heavy (non-hydrogen) atoms. The number of nitrogens with zero attached hydrogens (tertiary/aromatic N) is 2. The van der Waals surface area contributed by atoms with E-state index in [-0.39, 0.29) is 11.9 Å². The lowest BCUT2D eigenvalue weighted by Crippen LogP contribution is -2.69. The minimum Gasteiger partial charge on any atom is -0.481 e. The Morgan fingerprint density at radius 2 is 2.14 bits per heavy atom. The minimum absolute atomic E-state index is 0.0888. The van der Waals surface area contributed by atoms with E-state index >= 15 is 0 Å². The molecule has 3 saturated carbocycles. The number of amides is 1. The molecule has 2 bridgehead atoms. The Bertz CT molecular complexity index is 575. The molecule has 1 amide bonds. The van der Waals surface area contributed by atoms with E-state index in [1.165, 1.54) is 0 Å². The lowest BCUT2D eigenvalue weighted by molar-refractivity contribution is -0.217. The maximum absolute atomic E-state index is 12.2. The van der Waals surface area contributed by atoms with Gasteiger partial charge < -0.3 is 15.2 Å². The number of carboxylic acids is 1. The van der Waals surface area contributed by atoms with Crippen LogP contribution in [-0.2, 0) is 14.3 Å². The lowest BCUT2D eigenvalue weighted by Gasteiger charge is -2.66. The van der Waals surface area contributed by atoms with E-state index in [0.717, 1.165) is 0 Å². The summed E-state index contributed by atoms with van der Waals surface area (Å²) in [5.74, 6) is -0.401. The molecule has 7 nitrogen and oxygen atoms in total. The van der Waals surface area contributed by atoms with Crippen molar-refractivity contribution in [1.82, 2.24) is 9.78 Å². The molecule has 1 aromatic heterocycles. The van der Waals surface area contributed by atoms with E-state index in [9.17, 15) is 9.59 Å². The predicted molar refractivity (Wildman–Crippen MR) is 73.8 cm³/mol. The fourth-order valence-electron chi connectivity index (χ4n) is 3.47. The molecular formula is C14H19N3O4. The number of rotatable bonds is 6. The monoisotopic (exact) mass is 293 g/mol. The highest BCUT2D eigenvalue weighted by Gasteiger charge is 2.75. The van der Waals surface area contributed by atoms with Gasteiger partial charge in [-0.1, -0.05) is 0 Å². The van der Waals surface area contributed by atoms with Gasteiger partial charge in [0, 0.05) is 19.4 Å². The van der Waals surface area contributed by atoms with Crippen molar-refractivity contribution in [3.8, 4) is 0 Å². The van der Waals surface area contributed by atoms with Gasteiger partial charge in [0.15, 0.2) is 5.82 Å². The van der Waals surface area contributed by atoms with Crippen LogP contribution in [0.4, 0.5) is 5.82 Å². The first-order valence-corrected chi connectivity index (χ1v) is 7.00. The third-order valence-electron chi connectivity index (χ3n) is 4.68. The molecule has 1 unspecified atom stereocenters. The molecule has 3 fully saturated rings. The number of methoxy groups -OCH3 is 1. The number of carbonyl (C=O) groups excluding carboxylic acids is 1. The van der Waals surface area contributed by atoms with Crippen molar-refractivity contribution in [2.24, 2.45) is 10.8 Å². The first-order chi connectivity index (χ1) is 9.91. The third kappa shape index (κ3) is 2.03. The molecule has 3 aliphatic carbocycles. The number of aliphatic carboxylic acids is 1. The smallest absolute Gasteiger partial charge is 0.309 e. The number of aromatic nitrogens is 2. The molecule has 3 aliphatic rings. The van der Waals surface area contributed by atoms with Gasteiger partial charge in [0.05, 0.1) is 23.5 Å². The van der Waals surface area contributed by atoms with Gasteiger partial charge in [-0.2, -0.15) is 5.10 Å². The summed E-state index contributed by atoms with van der Waals surface area (Å²) in [6, 6.07) is 1.83. The van der Waals surface area contributed by atoms with Crippen LogP contribution in [0.3, 0.4) is 0 Å². The van der Waals surface area contributed by atoms with Crippen LogP contribution in [-0.4, -0.2) is 40.5 Å². The van der Waals surface area contributed by atoms with Crippen LogP contribution in [0.25, 0.3) is 0 Å². The highest BCUT2D eigenvalue weighted by molar-refractivity contribution is 6.00. The Labute approximate surface area is 122 Å². The molecule has 1 aromatic rings. The second-order valence-electron chi connectivity index (χ2n) is 6.34. The van der Waals surface area contributed by atoms with E-state index in [2.05, 4.69) is 10.4 Å². The molecule has 0 saturated heterocycles. The van der Waals surface area contributed by atoms with Gasteiger partial charge in [-0.15, -0.1) is 0 Å². The Balaban J connectivity index is 1.59. The van der Waals surface area contributed by atoms with Crippen molar-refractivity contribution >= 4 is 17.7 Å². The fourth-order valence-corrected chi connectivity index (χ4v) is 3.47. The van der Waals surface area contributed by atoms with Crippen LogP contribution in [0.1, 0.15) is 32.2 Å². The molecule has 114 valence electrons. The van der Waals surface area contributed by atoms with Crippen LogP contribution in [0.15, 0.2) is 12.3 Å². The standard InChI is InChI=1S/C14H19N3O4/c1-9(5-21-2)17-4-3-10(16-17)15-11(18)13-6-14(7-13,8-13)12(19)20/h3-4,9H,5-8H2,1-2H3,(H,19,20)(H,15,16,18). The lowest BCUT2D eigenvalue weighted by atomic mass is 9.35. The van der Waals surface area contributed by atoms with Crippen LogP contribution in [0.2, 0.25) is 0 Å². The Hall–Kier alpha value is -1.89. The Morgan fingerprint density at radius 3 is 2.71 bits per heavy atom. The second-order valence-corrected chi connectivity index (χ2v) is 6.34. The number of nitrogens with one attached hydrogen (secondary N) is 1. The summed E-state index contributed by atoms with van der Waals surface area (Å²) in [5, 5.41) is 16.2. The zero-order valence-corrected chi connectivity index (χ0v) is 12.1. The van der Waals surface area contributed by atoms with Crippen LogP contribution < -0.4 is 5.32 Å². The maximum Gasteiger partial charge on any atom is 0.309 e. The molecular weight excluding hydrogens is 274 g/mol. The van der Waals surface area contributed by atoms with E-state index < -0.39 is 16.8 Å². The summed E-state index contributed by atoms with van der Waals surface area (Å²) >= 11 is 0. The zero-order chi connectivity index (χ0) is 15.3. The number of ether oxygens (including phenoxy) is 1. The van der Waals surface area contributed by atoms with E-state index in [1.807, 2.05) is 6.92 Å². The van der Waals surface area contributed by atoms with Gasteiger partial charge in [0.25, 0.3) is 0 Å². The van der Waals surface area contributed by atoms with Crippen molar-refractivity contribution in [2.45, 2.75) is 32.2 Å². The maximum atomic E-state index is 12.2. The van der Waals surface area contributed by atoms with Crippen LogP contribution in [0, 0.1) is 10.8 Å². The van der Waals surface area contributed by atoms with Gasteiger partial charge in [-0.25, -0.2) is 0 Å². The number of carbonyl (C=O) groups is 2. The highest BCUT2D eigenvalue weighted by atomic mass is 16.5. The molecule has 0 aromatic carbocycles. The number of anilines is 1. The van der Waals surface area contributed by atoms with E-state index in [4.69, 9.17) is 9.84 Å². The van der Waals surface area contributed by atoms with Crippen molar-refractivity contribution in [3.63, 3.8) is 0 Å². The fraction of sp³-hybridized carbons (Fsp3) is 0.643. The average Bonchev–Trinajstić information content (AvgIpc) is 2.73. The number of hydrogen-bond donors (Lipinski definition) is 2. The van der Waals surface area contributed by atoms with Gasteiger partial charge in [-0.05, 0) is 26.2 Å². The first-order valence-electron chi connectivity index (χ1n) is 7.00. The number of hydrogen-bond acceptors (Lipinski definition) is 4.